The highest BCUT2D eigenvalue weighted by Crippen LogP contribution is 2.51. The summed E-state index contributed by atoms with van der Waals surface area (Å²) in [6, 6.07) is 22.9. The van der Waals surface area contributed by atoms with Crippen LogP contribution in [0.5, 0.6) is 5.75 Å². The van der Waals surface area contributed by atoms with Crippen LogP contribution in [0.15, 0.2) is 97.5 Å². The van der Waals surface area contributed by atoms with Gasteiger partial charge in [-0.05, 0) is 65.2 Å². The van der Waals surface area contributed by atoms with Gasteiger partial charge in [0.2, 0.25) is 5.91 Å². The second-order valence-corrected chi connectivity index (χ2v) is 12.4. The van der Waals surface area contributed by atoms with Crippen LogP contribution in [0.1, 0.15) is 18.1 Å². The van der Waals surface area contributed by atoms with E-state index < -0.39 is 0 Å². The molecule has 0 atom stereocenters. The lowest BCUT2D eigenvalue weighted by atomic mass is 10.0. The molecule has 0 bridgehead atoms. The molecule has 0 aliphatic carbocycles. The van der Waals surface area contributed by atoms with Gasteiger partial charge in [0.15, 0.2) is 5.82 Å². The zero-order valence-corrected chi connectivity index (χ0v) is 27.2. The standard InChI is InChI=1S/C35H28Cl2FN5O2S/c1-21(44)43(20-23-5-10-27(45-2)11-6-23)30-17-24(13-14-40-30)33-32(39)31(28-12-7-25(36)18-29(28)37)34(46-33)35-41-15-16-42(35)19-22-3-8-26(38)9-4-22/h3-18H,19-20,39H2,1-2H3. The van der Waals surface area contributed by atoms with Gasteiger partial charge >= 0.3 is 0 Å². The molecule has 3 aromatic carbocycles. The van der Waals surface area contributed by atoms with E-state index in [-0.39, 0.29) is 11.7 Å². The van der Waals surface area contributed by atoms with E-state index in [0.29, 0.717) is 51.6 Å². The zero-order valence-electron chi connectivity index (χ0n) is 24.9. The number of benzene rings is 3. The molecule has 46 heavy (non-hydrogen) atoms. The third-order valence-corrected chi connectivity index (χ3v) is 9.29. The molecule has 0 saturated carbocycles. The van der Waals surface area contributed by atoms with Crippen LogP contribution in [-0.2, 0) is 17.9 Å². The average Bonchev–Trinajstić information content (AvgIpc) is 3.65. The van der Waals surface area contributed by atoms with Crippen molar-refractivity contribution in [2.24, 2.45) is 0 Å². The number of hydrogen-bond acceptors (Lipinski definition) is 6. The Morgan fingerprint density at radius 2 is 1.70 bits per heavy atom. The predicted octanol–water partition coefficient (Wildman–Crippen LogP) is 8.98. The van der Waals surface area contributed by atoms with Crippen molar-refractivity contribution in [3.05, 3.63) is 124 Å². The number of amides is 1. The number of nitrogens with zero attached hydrogens (tertiary/aromatic N) is 4. The number of hydrogen-bond donors (Lipinski definition) is 1. The maximum absolute atomic E-state index is 13.6. The normalized spacial score (nSPS) is 11.1. The number of methoxy groups -OCH3 is 1. The minimum atomic E-state index is -0.297. The lowest BCUT2D eigenvalue weighted by Crippen LogP contribution is -2.28. The van der Waals surface area contributed by atoms with Crippen LogP contribution in [0.4, 0.5) is 15.9 Å². The summed E-state index contributed by atoms with van der Waals surface area (Å²) >= 11 is 14.5. The van der Waals surface area contributed by atoms with Crippen molar-refractivity contribution in [1.82, 2.24) is 14.5 Å². The molecule has 0 fully saturated rings. The van der Waals surface area contributed by atoms with E-state index in [2.05, 4.69) is 4.98 Å². The molecule has 3 heterocycles. The Morgan fingerprint density at radius 1 is 0.957 bits per heavy atom. The number of pyridine rings is 1. The summed E-state index contributed by atoms with van der Waals surface area (Å²) in [4.78, 5) is 25.3. The van der Waals surface area contributed by atoms with Crippen LogP contribution in [0.2, 0.25) is 10.0 Å². The van der Waals surface area contributed by atoms with Crippen LogP contribution in [0, 0.1) is 5.82 Å². The summed E-state index contributed by atoms with van der Waals surface area (Å²) in [5, 5.41) is 0.946. The van der Waals surface area contributed by atoms with Crippen molar-refractivity contribution < 1.29 is 13.9 Å². The highest BCUT2D eigenvalue weighted by atomic mass is 35.5. The highest BCUT2D eigenvalue weighted by molar-refractivity contribution is 7.20. The van der Waals surface area contributed by atoms with Gasteiger partial charge in [-0.3, -0.25) is 9.69 Å². The number of thiophene rings is 1. The summed E-state index contributed by atoms with van der Waals surface area (Å²) in [5.41, 5.74) is 11.5. The van der Waals surface area contributed by atoms with Crippen molar-refractivity contribution in [2.75, 3.05) is 17.7 Å². The fourth-order valence-corrected chi connectivity index (χ4v) is 6.93. The lowest BCUT2D eigenvalue weighted by Gasteiger charge is -2.21. The smallest absolute Gasteiger partial charge is 0.225 e. The average molecular weight is 673 g/mol. The SMILES string of the molecule is COc1ccc(CN(C(C)=O)c2cc(-c3sc(-c4nccn4Cc4ccc(F)cc4)c(-c4ccc(Cl)cc4Cl)c3N)ccn2)cc1. The number of anilines is 2. The first-order valence-corrected chi connectivity index (χ1v) is 15.8. The number of nitrogen functional groups attached to an aromatic ring is 1. The van der Waals surface area contributed by atoms with E-state index >= 15 is 0 Å². The van der Waals surface area contributed by atoms with E-state index in [9.17, 15) is 9.18 Å². The largest absolute Gasteiger partial charge is 0.497 e. The van der Waals surface area contributed by atoms with Gasteiger partial charge in [-0.2, -0.15) is 0 Å². The topological polar surface area (TPSA) is 86.3 Å². The van der Waals surface area contributed by atoms with E-state index in [1.165, 1.54) is 30.4 Å². The van der Waals surface area contributed by atoms with Crippen LogP contribution >= 0.6 is 34.5 Å². The van der Waals surface area contributed by atoms with Crippen molar-refractivity contribution in [2.45, 2.75) is 20.0 Å². The Hall–Kier alpha value is -4.70. The second-order valence-electron chi connectivity index (χ2n) is 10.5. The number of carbonyl (C=O) groups excluding carboxylic acids is 1. The van der Waals surface area contributed by atoms with Crippen LogP contribution in [-0.4, -0.2) is 27.6 Å². The molecule has 2 N–H and O–H groups in total. The van der Waals surface area contributed by atoms with Gasteiger partial charge in [0, 0.05) is 48.2 Å². The van der Waals surface area contributed by atoms with E-state index in [1.54, 1.807) is 48.7 Å². The molecule has 232 valence electrons. The van der Waals surface area contributed by atoms with Gasteiger partial charge in [0.05, 0.1) is 34.1 Å². The fraction of sp³-hybridized carbons (Fsp3) is 0.114. The molecule has 7 nitrogen and oxygen atoms in total. The predicted molar refractivity (Wildman–Crippen MR) is 184 cm³/mol. The van der Waals surface area contributed by atoms with Gasteiger partial charge in [-0.25, -0.2) is 14.4 Å². The quantitative estimate of drug-likeness (QED) is 0.166. The molecule has 11 heteroatoms. The summed E-state index contributed by atoms with van der Waals surface area (Å²) in [7, 11) is 1.61. The Kier molecular flexibility index (Phi) is 9.08. The molecule has 3 aromatic heterocycles. The third kappa shape index (κ3) is 6.48. The zero-order chi connectivity index (χ0) is 32.4. The summed E-state index contributed by atoms with van der Waals surface area (Å²) in [5.74, 6) is 1.44. The highest BCUT2D eigenvalue weighted by Gasteiger charge is 2.25. The summed E-state index contributed by atoms with van der Waals surface area (Å²) < 4.78 is 20.9. The number of ether oxygens (including phenoxy) is 1. The number of imidazole rings is 1. The summed E-state index contributed by atoms with van der Waals surface area (Å²) in [6.07, 6.45) is 5.25. The first-order chi connectivity index (χ1) is 22.2. The Morgan fingerprint density at radius 3 is 2.39 bits per heavy atom. The number of carbonyl (C=O) groups is 1. The van der Waals surface area contributed by atoms with Crippen molar-refractivity contribution in [3.8, 4) is 38.0 Å². The van der Waals surface area contributed by atoms with Crippen LogP contribution in [0.25, 0.3) is 32.3 Å². The first-order valence-electron chi connectivity index (χ1n) is 14.2. The van der Waals surface area contributed by atoms with E-state index in [0.717, 1.165) is 32.2 Å². The van der Waals surface area contributed by atoms with Gasteiger partial charge < -0.3 is 15.0 Å². The van der Waals surface area contributed by atoms with Gasteiger partial charge in [0.1, 0.15) is 17.4 Å². The molecule has 6 rings (SSSR count). The Bertz CT molecular complexity index is 2030. The number of aromatic nitrogens is 3. The van der Waals surface area contributed by atoms with Gasteiger partial charge in [-0.15, -0.1) is 11.3 Å². The van der Waals surface area contributed by atoms with Gasteiger partial charge in [0.25, 0.3) is 0 Å². The van der Waals surface area contributed by atoms with E-state index in [4.69, 9.17) is 38.7 Å². The minimum absolute atomic E-state index is 0.156. The number of rotatable bonds is 9. The van der Waals surface area contributed by atoms with Crippen molar-refractivity contribution >= 4 is 52.0 Å². The fourth-order valence-electron chi connectivity index (χ4n) is 5.18. The molecular weight excluding hydrogens is 644 g/mol. The molecule has 0 unspecified atom stereocenters. The molecular formula is C35H28Cl2FN5O2S. The molecule has 0 radical (unpaired) electrons. The second kappa shape index (κ2) is 13.3. The van der Waals surface area contributed by atoms with Crippen molar-refractivity contribution in [3.63, 3.8) is 0 Å². The third-order valence-electron chi connectivity index (χ3n) is 7.49. The first kappa shape index (κ1) is 31.3. The van der Waals surface area contributed by atoms with Gasteiger partial charge in [-0.1, -0.05) is 53.5 Å². The van der Waals surface area contributed by atoms with E-state index in [1.807, 2.05) is 53.2 Å². The molecule has 6 aromatic rings. The van der Waals surface area contributed by atoms with Crippen LogP contribution in [0.3, 0.4) is 0 Å². The molecule has 0 saturated heterocycles. The minimum Gasteiger partial charge on any atom is -0.497 e. The summed E-state index contributed by atoms with van der Waals surface area (Å²) in [6.45, 7) is 2.30. The monoisotopic (exact) mass is 671 g/mol. The maximum Gasteiger partial charge on any atom is 0.225 e. The molecule has 1 amide bonds. The Labute approximate surface area is 279 Å². The number of nitrogens with two attached hydrogens (primary N) is 1. The number of halogens is 3. The lowest BCUT2D eigenvalue weighted by molar-refractivity contribution is -0.116. The Balaban J connectivity index is 1.45. The molecule has 0 aliphatic rings. The maximum atomic E-state index is 13.6. The molecule has 0 aliphatic heterocycles. The van der Waals surface area contributed by atoms with Crippen molar-refractivity contribution in [1.29, 1.82) is 0 Å². The van der Waals surface area contributed by atoms with Crippen LogP contribution < -0.4 is 15.4 Å². The molecule has 0 spiro atoms.